The molecule has 146 valence electrons. The monoisotopic (exact) mass is 364 g/mol. The van der Waals surface area contributed by atoms with Crippen molar-refractivity contribution in [2.24, 2.45) is 5.92 Å². The Hall–Kier alpha value is -1.40. The van der Waals surface area contributed by atoms with Gasteiger partial charge < -0.3 is 23.7 Å². The first kappa shape index (κ1) is 20.9. The minimum absolute atomic E-state index is 0.133. The minimum atomic E-state index is -0.381. The molecule has 1 aliphatic heterocycles. The van der Waals surface area contributed by atoms with Gasteiger partial charge in [-0.3, -0.25) is 0 Å². The fraction of sp³-hybridized carbons (Fsp3) is 0.619. The van der Waals surface area contributed by atoms with E-state index in [0.29, 0.717) is 19.3 Å². The van der Waals surface area contributed by atoms with Gasteiger partial charge in [-0.2, -0.15) is 0 Å². The molecule has 1 unspecified atom stereocenters. The van der Waals surface area contributed by atoms with E-state index in [4.69, 9.17) is 23.7 Å². The standard InChI is InChI=1S/C21H32O5/c1-6-19-21(3,13-11-16(2)12-14-24-15-22-4)26-20(25-19)17-7-9-18(23-5)10-8-17/h6-10,16,19-20H,1,11-15H2,2-5H3/t16-,19+,20?,21-/m1/s1. The summed E-state index contributed by atoms with van der Waals surface area (Å²) in [5.41, 5.74) is 0.607. The summed E-state index contributed by atoms with van der Waals surface area (Å²) in [6.07, 6.45) is 4.27. The van der Waals surface area contributed by atoms with E-state index in [1.807, 2.05) is 30.3 Å². The maximum Gasteiger partial charge on any atom is 0.185 e. The van der Waals surface area contributed by atoms with Gasteiger partial charge in [-0.15, -0.1) is 6.58 Å². The van der Waals surface area contributed by atoms with Crippen LogP contribution in [-0.4, -0.2) is 39.3 Å². The summed E-state index contributed by atoms with van der Waals surface area (Å²) in [5.74, 6) is 1.36. The predicted octanol–water partition coefficient (Wildman–Crippen LogP) is 4.48. The lowest BCUT2D eigenvalue weighted by molar-refractivity contribution is -0.0908. The molecule has 1 saturated heterocycles. The Morgan fingerprint density at radius 2 is 1.96 bits per heavy atom. The van der Waals surface area contributed by atoms with Gasteiger partial charge in [-0.1, -0.05) is 25.1 Å². The molecule has 2 rings (SSSR count). The molecule has 5 nitrogen and oxygen atoms in total. The zero-order valence-corrected chi connectivity index (χ0v) is 16.4. The average molecular weight is 364 g/mol. The zero-order valence-electron chi connectivity index (χ0n) is 16.4. The lowest BCUT2D eigenvalue weighted by Crippen LogP contribution is -2.35. The Labute approximate surface area is 157 Å². The highest BCUT2D eigenvalue weighted by Crippen LogP contribution is 2.42. The molecule has 0 N–H and O–H groups in total. The molecule has 0 radical (unpaired) electrons. The molecule has 1 heterocycles. The van der Waals surface area contributed by atoms with Crippen LogP contribution in [0.25, 0.3) is 0 Å². The summed E-state index contributed by atoms with van der Waals surface area (Å²) in [4.78, 5) is 0. The van der Waals surface area contributed by atoms with Crippen molar-refractivity contribution in [3.05, 3.63) is 42.5 Å². The molecule has 5 heteroatoms. The first-order chi connectivity index (χ1) is 12.5. The van der Waals surface area contributed by atoms with Crippen LogP contribution in [0.4, 0.5) is 0 Å². The zero-order chi connectivity index (χ0) is 19.0. The van der Waals surface area contributed by atoms with E-state index in [2.05, 4.69) is 20.4 Å². The second-order valence-corrected chi connectivity index (χ2v) is 7.08. The second-order valence-electron chi connectivity index (χ2n) is 7.08. The van der Waals surface area contributed by atoms with Gasteiger partial charge in [0.05, 0.1) is 12.7 Å². The van der Waals surface area contributed by atoms with Crippen LogP contribution in [0.2, 0.25) is 0 Å². The van der Waals surface area contributed by atoms with Gasteiger partial charge in [0.25, 0.3) is 0 Å². The molecule has 0 amide bonds. The van der Waals surface area contributed by atoms with E-state index >= 15 is 0 Å². The molecule has 1 fully saturated rings. The Bertz CT molecular complexity index is 544. The van der Waals surface area contributed by atoms with Crippen molar-refractivity contribution in [1.82, 2.24) is 0 Å². The van der Waals surface area contributed by atoms with Gasteiger partial charge in [0.15, 0.2) is 6.29 Å². The molecule has 0 aliphatic carbocycles. The van der Waals surface area contributed by atoms with E-state index < -0.39 is 0 Å². The van der Waals surface area contributed by atoms with Gasteiger partial charge in [0.1, 0.15) is 18.6 Å². The molecule has 26 heavy (non-hydrogen) atoms. The third kappa shape index (κ3) is 5.55. The van der Waals surface area contributed by atoms with E-state index in [1.165, 1.54) is 0 Å². The molecule has 1 aliphatic rings. The maximum atomic E-state index is 6.32. The van der Waals surface area contributed by atoms with E-state index in [-0.39, 0.29) is 18.0 Å². The quantitative estimate of drug-likeness (QED) is 0.329. The van der Waals surface area contributed by atoms with Crippen molar-refractivity contribution in [3.8, 4) is 5.75 Å². The highest BCUT2D eigenvalue weighted by atomic mass is 16.7. The fourth-order valence-corrected chi connectivity index (χ4v) is 3.13. The van der Waals surface area contributed by atoms with Crippen LogP contribution >= 0.6 is 0 Å². The molecular weight excluding hydrogens is 332 g/mol. The van der Waals surface area contributed by atoms with Gasteiger partial charge in [0.2, 0.25) is 0 Å². The normalized spacial score (nSPS) is 26.6. The molecule has 0 bridgehead atoms. The summed E-state index contributed by atoms with van der Waals surface area (Å²) in [7, 11) is 3.29. The number of rotatable bonds is 11. The van der Waals surface area contributed by atoms with Crippen molar-refractivity contribution in [3.63, 3.8) is 0 Å². The average Bonchev–Trinajstić information content (AvgIpc) is 3.01. The summed E-state index contributed by atoms with van der Waals surface area (Å²) < 4.78 is 27.9. The lowest BCUT2D eigenvalue weighted by atomic mass is 9.89. The number of ether oxygens (including phenoxy) is 5. The predicted molar refractivity (Wildman–Crippen MR) is 101 cm³/mol. The molecule has 1 aromatic rings. The van der Waals surface area contributed by atoms with Crippen LogP contribution in [-0.2, 0) is 18.9 Å². The van der Waals surface area contributed by atoms with Crippen LogP contribution in [0.1, 0.15) is 45.0 Å². The number of methoxy groups -OCH3 is 2. The highest BCUT2D eigenvalue weighted by Gasteiger charge is 2.45. The summed E-state index contributed by atoms with van der Waals surface area (Å²) in [5, 5.41) is 0. The van der Waals surface area contributed by atoms with Crippen molar-refractivity contribution < 1.29 is 23.7 Å². The molecule has 4 atom stereocenters. The summed E-state index contributed by atoms with van der Waals surface area (Å²) >= 11 is 0. The Kier molecular flexibility index (Phi) is 8.10. The van der Waals surface area contributed by atoms with Crippen LogP contribution in [0.15, 0.2) is 36.9 Å². The molecule has 1 aromatic carbocycles. The summed E-state index contributed by atoms with van der Waals surface area (Å²) in [6.45, 7) is 9.34. The molecular formula is C21H32O5. The van der Waals surface area contributed by atoms with E-state index in [0.717, 1.165) is 30.6 Å². The van der Waals surface area contributed by atoms with Gasteiger partial charge in [-0.05, 0) is 44.2 Å². The number of hydrogen-bond acceptors (Lipinski definition) is 5. The number of hydrogen-bond donors (Lipinski definition) is 0. The largest absolute Gasteiger partial charge is 0.497 e. The lowest BCUT2D eigenvalue weighted by Gasteiger charge is -2.28. The highest BCUT2D eigenvalue weighted by molar-refractivity contribution is 5.28. The Morgan fingerprint density at radius 3 is 2.58 bits per heavy atom. The molecule has 0 spiro atoms. The Morgan fingerprint density at radius 1 is 1.23 bits per heavy atom. The first-order valence-electron chi connectivity index (χ1n) is 9.19. The topological polar surface area (TPSA) is 46.2 Å². The van der Waals surface area contributed by atoms with Gasteiger partial charge in [0, 0.05) is 19.3 Å². The van der Waals surface area contributed by atoms with Crippen LogP contribution in [0.5, 0.6) is 5.75 Å². The SMILES string of the molecule is C=C[C@@H]1OC(c2ccc(OC)cc2)O[C@]1(C)CC[C@@H](C)CCOCOC. The van der Waals surface area contributed by atoms with Crippen molar-refractivity contribution >= 4 is 0 Å². The third-order valence-corrected chi connectivity index (χ3v) is 4.94. The Balaban J connectivity index is 1.90. The van der Waals surface area contributed by atoms with Gasteiger partial charge in [-0.25, -0.2) is 0 Å². The van der Waals surface area contributed by atoms with Crippen LogP contribution < -0.4 is 4.74 Å². The third-order valence-electron chi connectivity index (χ3n) is 4.94. The maximum absolute atomic E-state index is 6.32. The smallest absolute Gasteiger partial charge is 0.185 e. The fourth-order valence-electron chi connectivity index (χ4n) is 3.13. The van der Waals surface area contributed by atoms with E-state index in [9.17, 15) is 0 Å². The number of benzene rings is 1. The van der Waals surface area contributed by atoms with Crippen molar-refractivity contribution in [2.75, 3.05) is 27.6 Å². The van der Waals surface area contributed by atoms with Crippen LogP contribution in [0, 0.1) is 5.92 Å². The first-order valence-corrected chi connectivity index (χ1v) is 9.19. The minimum Gasteiger partial charge on any atom is -0.497 e. The van der Waals surface area contributed by atoms with Crippen LogP contribution in [0.3, 0.4) is 0 Å². The van der Waals surface area contributed by atoms with Crippen molar-refractivity contribution in [1.29, 1.82) is 0 Å². The second kappa shape index (κ2) is 10.1. The van der Waals surface area contributed by atoms with Gasteiger partial charge >= 0.3 is 0 Å². The van der Waals surface area contributed by atoms with Crippen molar-refractivity contribution in [2.45, 2.75) is 51.1 Å². The molecule has 0 aromatic heterocycles. The molecule has 0 saturated carbocycles. The van der Waals surface area contributed by atoms with E-state index in [1.54, 1.807) is 14.2 Å². The summed E-state index contributed by atoms with van der Waals surface area (Å²) in [6, 6.07) is 7.79.